The lowest BCUT2D eigenvalue weighted by atomic mass is 9.11. The molecular formula is C82H69N. The molecule has 0 aromatic heterocycles. The van der Waals surface area contributed by atoms with E-state index in [2.05, 4.69) is 295 Å². The molecule has 0 aliphatic heterocycles. The molecule has 6 aliphatic carbocycles. The van der Waals surface area contributed by atoms with Crippen molar-refractivity contribution in [3.63, 3.8) is 0 Å². The molecule has 4 unspecified atom stereocenters. The fourth-order valence-corrected chi connectivity index (χ4v) is 18.3. The van der Waals surface area contributed by atoms with Gasteiger partial charge >= 0.3 is 0 Å². The summed E-state index contributed by atoms with van der Waals surface area (Å²) < 4.78 is 0. The second-order valence-corrected chi connectivity index (χ2v) is 27.5. The van der Waals surface area contributed by atoms with Crippen molar-refractivity contribution < 1.29 is 0 Å². The van der Waals surface area contributed by atoms with E-state index in [0.717, 1.165) is 29.4 Å². The molecule has 402 valence electrons. The third-order valence-corrected chi connectivity index (χ3v) is 21.9. The number of hydrogen-bond acceptors (Lipinski definition) is 1. The molecule has 11 aromatic rings. The van der Waals surface area contributed by atoms with E-state index in [0.29, 0.717) is 5.41 Å². The van der Waals surface area contributed by atoms with Gasteiger partial charge in [0.05, 0.1) is 11.1 Å². The minimum atomic E-state index is -0.471. The topological polar surface area (TPSA) is 3.24 Å². The standard InChI is InChI=1S/C82H69N/c1-78(2,3)57-43-54(44-58(46-57)79(4,5)6)63-30-19-21-52-22-20-31-69(77(52)63)68-29-15-18-34-74(68)83(62-40-42-67-65-28-14-17-33-71(65)82(73(67)50-62)75-48-59-47-60-49-76(82)81(59,60)75)61-38-35-51(36-39-61)53-37-41-66-64-27-13-16-32-70(64)80(72(66)45-53,55-23-9-7-10-24-55)56-25-11-8-12-26-56/h7-46,50,59-60,75-76H,47-49H2,1-6H3. The Hall–Kier alpha value is -8.52. The molecule has 4 saturated carbocycles. The Morgan fingerprint density at radius 1 is 0.349 bits per heavy atom. The molecule has 2 spiro atoms. The minimum Gasteiger partial charge on any atom is -0.310 e. The summed E-state index contributed by atoms with van der Waals surface area (Å²) in [6.45, 7) is 14.1. The summed E-state index contributed by atoms with van der Waals surface area (Å²) in [5, 5.41) is 2.53. The summed E-state index contributed by atoms with van der Waals surface area (Å²) in [5.41, 5.74) is 27.8. The summed E-state index contributed by atoms with van der Waals surface area (Å²) in [6, 6.07) is 95.9. The van der Waals surface area contributed by atoms with Crippen LogP contribution in [-0.2, 0) is 21.7 Å². The fourth-order valence-electron chi connectivity index (χ4n) is 18.3. The summed E-state index contributed by atoms with van der Waals surface area (Å²) in [5.74, 6) is 3.36. The molecule has 0 saturated heterocycles. The average molecular weight is 1070 g/mol. The van der Waals surface area contributed by atoms with Gasteiger partial charge in [0.1, 0.15) is 0 Å². The first kappa shape index (κ1) is 49.1. The van der Waals surface area contributed by atoms with E-state index in [4.69, 9.17) is 0 Å². The highest BCUT2D eigenvalue weighted by Gasteiger charge is 2.90. The highest BCUT2D eigenvalue weighted by atomic mass is 15.1. The number of rotatable bonds is 8. The van der Waals surface area contributed by atoms with E-state index in [9.17, 15) is 0 Å². The van der Waals surface area contributed by atoms with Crippen LogP contribution < -0.4 is 4.90 Å². The van der Waals surface area contributed by atoms with Crippen LogP contribution in [0, 0.1) is 29.1 Å². The maximum atomic E-state index is 2.66. The van der Waals surface area contributed by atoms with Gasteiger partial charge in [-0.2, -0.15) is 0 Å². The van der Waals surface area contributed by atoms with Crippen LogP contribution in [0.4, 0.5) is 17.1 Å². The van der Waals surface area contributed by atoms with Crippen molar-refractivity contribution in [3.8, 4) is 55.6 Å². The number of hydrogen-bond donors (Lipinski definition) is 0. The molecule has 0 amide bonds. The van der Waals surface area contributed by atoms with Gasteiger partial charge in [0.25, 0.3) is 0 Å². The maximum absolute atomic E-state index is 2.66. The largest absolute Gasteiger partial charge is 0.310 e. The van der Waals surface area contributed by atoms with E-state index in [-0.39, 0.29) is 16.2 Å². The van der Waals surface area contributed by atoms with Crippen LogP contribution in [0.25, 0.3) is 66.4 Å². The molecule has 11 aromatic carbocycles. The lowest BCUT2D eigenvalue weighted by Gasteiger charge is -2.92. The molecule has 83 heavy (non-hydrogen) atoms. The zero-order valence-electron chi connectivity index (χ0n) is 48.5. The summed E-state index contributed by atoms with van der Waals surface area (Å²) in [6.07, 6.45) is 4.23. The number of fused-ring (bicyclic) bond motifs is 11. The van der Waals surface area contributed by atoms with Gasteiger partial charge in [-0.05, 0) is 201 Å². The van der Waals surface area contributed by atoms with E-state index in [1.807, 2.05) is 0 Å². The monoisotopic (exact) mass is 1070 g/mol. The smallest absolute Gasteiger partial charge is 0.0713 e. The van der Waals surface area contributed by atoms with E-state index < -0.39 is 5.41 Å². The quantitative estimate of drug-likeness (QED) is 0.147. The van der Waals surface area contributed by atoms with Crippen molar-refractivity contribution in [2.24, 2.45) is 29.1 Å². The zero-order valence-corrected chi connectivity index (χ0v) is 48.5. The summed E-state index contributed by atoms with van der Waals surface area (Å²) in [7, 11) is 0. The van der Waals surface area contributed by atoms with Crippen LogP contribution in [0.1, 0.15) is 105 Å². The van der Waals surface area contributed by atoms with Crippen LogP contribution in [0.5, 0.6) is 0 Å². The summed E-state index contributed by atoms with van der Waals surface area (Å²) >= 11 is 0. The first-order valence-corrected chi connectivity index (χ1v) is 30.7. The van der Waals surface area contributed by atoms with Crippen LogP contribution in [0.2, 0.25) is 0 Å². The van der Waals surface area contributed by atoms with Crippen molar-refractivity contribution in [1.29, 1.82) is 0 Å². The zero-order chi connectivity index (χ0) is 55.8. The minimum absolute atomic E-state index is 0.0121. The van der Waals surface area contributed by atoms with Gasteiger partial charge in [0, 0.05) is 22.4 Å². The van der Waals surface area contributed by atoms with Crippen molar-refractivity contribution in [2.75, 3.05) is 4.90 Å². The molecule has 0 bridgehead atoms. The highest BCUT2D eigenvalue weighted by molar-refractivity contribution is 6.09. The second kappa shape index (κ2) is 17.3. The fraction of sp³-hybridized carbons (Fsp3) is 0.220. The molecule has 17 rings (SSSR count). The van der Waals surface area contributed by atoms with E-state index >= 15 is 0 Å². The molecule has 0 heterocycles. The Kier molecular flexibility index (Phi) is 10.2. The van der Waals surface area contributed by atoms with Crippen LogP contribution in [0.15, 0.2) is 249 Å². The SMILES string of the molecule is CC(C)(C)c1cc(-c2cccc3cccc(-c4ccccc4N(c4ccc(-c5ccc6c(c5)C(c5ccccc5)(c5ccccc5)c5ccccc5-6)cc4)c4ccc5c(c4)C4(c6ccccc6-5)C5CC6CC7CC4C675)c23)cc(C(C)(C)C)c1. The maximum Gasteiger partial charge on any atom is 0.0713 e. The number of benzene rings is 11. The number of anilines is 3. The van der Waals surface area contributed by atoms with Gasteiger partial charge in [-0.25, -0.2) is 0 Å². The first-order chi connectivity index (χ1) is 40.4. The van der Waals surface area contributed by atoms with Crippen molar-refractivity contribution in [1.82, 2.24) is 0 Å². The molecule has 4 atom stereocenters. The molecular weight excluding hydrogens is 999 g/mol. The van der Waals surface area contributed by atoms with Gasteiger partial charge in [-0.1, -0.05) is 254 Å². The van der Waals surface area contributed by atoms with Gasteiger partial charge in [0.15, 0.2) is 0 Å². The predicted molar refractivity (Wildman–Crippen MR) is 346 cm³/mol. The number of para-hydroxylation sites is 1. The molecule has 1 heteroatoms. The molecule has 0 N–H and O–H groups in total. The Morgan fingerprint density at radius 2 is 0.855 bits per heavy atom. The summed E-state index contributed by atoms with van der Waals surface area (Å²) in [4.78, 5) is 2.61. The second-order valence-electron chi connectivity index (χ2n) is 27.5. The number of nitrogens with zero attached hydrogens (tertiary/aromatic N) is 1. The highest BCUT2D eigenvalue weighted by Crippen LogP contribution is 2.95. The van der Waals surface area contributed by atoms with Gasteiger partial charge in [-0.3, -0.25) is 0 Å². The predicted octanol–water partition coefficient (Wildman–Crippen LogP) is 21.2. The van der Waals surface area contributed by atoms with Gasteiger partial charge < -0.3 is 4.90 Å². The van der Waals surface area contributed by atoms with Gasteiger partial charge in [0.2, 0.25) is 0 Å². The van der Waals surface area contributed by atoms with Crippen molar-refractivity contribution in [2.45, 2.75) is 82.5 Å². The third-order valence-electron chi connectivity index (χ3n) is 21.9. The lowest BCUT2D eigenvalue weighted by molar-refractivity contribution is -0.412. The molecule has 4 fully saturated rings. The Labute approximate surface area is 490 Å². The Bertz CT molecular complexity index is 4370. The van der Waals surface area contributed by atoms with Crippen LogP contribution in [0.3, 0.4) is 0 Å². The van der Waals surface area contributed by atoms with Crippen LogP contribution >= 0.6 is 0 Å². The third kappa shape index (κ3) is 6.49. The first-order valence-electron chi connectivity index (χ1n) is 30.7. The Morgan fingerprint density at radius 3 is 1.49 bits per heavy atom. The van der Waals surface area contributed by atoms with E-state index in [1.165, 1.54) is 130 Å². The van der Waals surface area contributed by atoms with E-state index in [1.54, 1.807) is 11.1 Å². The van der Waals surface area contributed by atoms with Crippen LogP contribution in [-0.4, -0.2) is 0 Å². The normalized spacial score (nSPS) is 22.4. The van der Waals surface area contributed by atoms with Crippen molar-refractivity contribution >= 4 is 27.8 Å². The van der Waals surface area contributed by atoms with Gasteiger partial charge in [-0.15, -0.1) is 0 Å². The molecule has 6 aliphatic rings. The average Bonchev–Trinajstić information content (AvgIpc) is 1.66. The Balaban J connectivity index is 0.853. The molecule has 1 nitrogen and oxygen atoms in total. The van der Waals surface area contributed by atoms with Crippen molar-refractivity contribution in [3.05, 3.63) is 293 Å². The lowest BCUT2D eigenvalue weighted by Crippen LogP contribution is -2.88. The molecule has 0 radical (unpaired) electrons.